The number of hydrogen-bond acceptors (Lipinski definition) is 3. The third kappa shape index (κ3) is 2.70. The lowest BCUT2D eigenvalue weighted by molar-refractivity contribution is -0.137. The first kappa shape index (κ1) is 13.0. The highest BCUT2D eigenvalue weighted by Gasteiger charge is 2.33. The Hall–Kier alpha value is -1.40. The molecule has 0 saturated carbocycles. The average molecular weight is 272 g/mol. The first-order valence-electron chi connectivity index (χ1n) is 5.28. The molecule has 0 bridgehead atoms. The topological polar surface area (TPSA) is 24.9 Å². The summed E-state index contributed by atoms with van der Waals surface area (Å²) in [6, 6.07) is 5.50. The van der Waals surface area contributed by atoms with Gasteiger partial charge in [-0.05, 0) is 13.1 Å². The third-order valence-electron chi connectivity index (χ3n) is 2.37. The smallest absolute Gasteiger partial charge is 0.314 e. The molecule has 1 N–H and O–H groups in total. The molecule has 0 aliphatic carbocycles. The highest BCUT2D eigenvalue weighted by atomic mass is 32.1. The largest absolute Gasteiger partial charge is 0.417 e. The van der Waals surface area contributed by atoms with Crippen LogP contribution in [-0.4, -0.2) is 12.0 Å². The molecule has 0 unspecified atom stereocenters. The van der Waals surface area contributed by atoms with E-state index in [1.807, 2.05) is 0 Å². The van der Waals surface area contributed by atoms with Crippen molar-refractivity contribution in [1.82, 2.24) is 10.3 Å². The number of nitrogens with zero attached hydrogens (tertiary/aromatic N) is 1. The van der Waals surface area contributed by atoms with E-state index in [0.29, 0.717) is 11.6 Å². The minimum Gasteiger partial charge on any atom is -0.314 e. The van der Waals surface area contributed by atoms with Gasteiger partial charge in [-0.15, -0.1) is 11.3 Å². The number of rotatable bonds is 3. The lowest BCUT2D eigenvalue weighted by Gasteiger charge is -2.10. The van der Waals surface area contributed by atoms with Gasteiger partial charge in [0, 0.05) is 17.5 Å². The van der Waals surface area contributed by atoms with Gasteiger partial charge in [0.25, 0.3) is 0 Å². The SMILES string of the molecule is CNCc1csc(-c2ccccc2C(F)(F)F)n1. The molecule has 0 saturated heterocycles. The van der Waals surface area contributed by atoms with Crippen LogP contribution in [0.1, 0.15) is 11.3 Å². The zero-order valence-electron chi connectivity index (χ0n) is 9.58. The number of halogens is 3. The van der Waals surface area contributed by atoms with Gasteiger partial charge in [0.05, 0.1) is 11.3 Å². The van der Waals surface area contributed by atoms with Gasteiger partial charge in [-0.2, -0.15) is 13.2 Å². The fourth-order valence-corrected chi connectivity index (χ4v) is 2.47. The number of hydrogen-bond donors (Lipinski definition) is 1. The molecular weight excluding hydrogens is 261 g/mol. The quantitative estimate of drug-likeness (QED) is 0.924. The average Bonchev–Trinajstić information content (AvgIpc) is 2.77. The maximum Gasteiger partial charge on any atom is 0.417 e. The summed E-state index contributed by atoms with van der Waals surface area (Å²) in [5, 5.41) is 5.07. The number of benzene rings is 1. The van der Waals surface area contributed by atoms with Crippen LogP contribution in [0.3, 0.4) is 0 Å². The summed E-state index contributed by atoms with van der Waals surface area (Å²) < 4.78 is 38.6. The van der Waals surface area contributed by atoms with E-state index < -0.39 is 11.7 Å². The van der Waals surface area contributed by atoms with Crippen molar-refractivity contribution < 1.29 is 13.2 Å². The van der Waals surface area contributed by atoms with Crippen molar-refractivity contribution >= 4 is 11.3 Å². The van der Waals surface area contributed by atoms with Crippen molar-refractivity contribution in [1.29, 1.82) is 0 Å². The Labute approximate surface area is 106 Å². The molecule has 1 heterocycles. The van der Waals surface area contributed by atoms with E-state index in [1.54, 1.807) is 18.5 Å². The van der Waals surface area contributed by atoms with E-state index in [9.17, 15) is 13.2 Å². The Morgan fingerprint density at radius 3 is 2.67 bits per heavy atom. The van der Waals surface area contributed by atoms with Gasteiger partial charge in [0.2, 0.25) is 0 Å². The van der Waals surface area contributed by atoms with Crippen molar-refractivity contribution in [2.75, 3.05) is 7.05 Å². The Balaban J connectivity index is 2.43. The second-order valence-corrected chi connectivity index (χ2v) is 4.58. The lowest BCUT2D eigenvalue weighted by atomic mass is 10.1. The number of nitrogens with one attached hydrogen (secondary N) is 1. The zero-order valence-corrected chi connectivity index (χ0v) is 10.4. The van der Waals surface area contributed by atoms with Crippen LogP contribution in [0, 0.1) is 0 Å². The Morgan fingerprint density at radius 2 is 2.00 bits per heavy atom. The van der Waals surface area contributed by atoms with Gasteiger partial charge in [-0.1, -0.05) is 18.2 Å². The van der Waals surface area contributed by atoms with Gasteiger partial charge in [0.1, 0.15) is 5.01 Å². The van der Waals surface area contributed by atoms with Crippen molar-refractivity contribution in [2.45, 2.75) is 12.7 Å². The summed E-state index contributed by atoms with van der Waals surface area (Å²) in [6.07, 6.45) is -4.36. The maximum atomic E-state index is 12.9. The van der Waals surface area contributed by atoms with Crippen LogP contribution >= 0.6 is 11.3 Å². The van der Waals surface area contributed by atoms with Crippen molar-refractivity contribution in [3.63, 3.8) is 0 Å². The zero-order chi connectivity index (χ0) is 13.2. The predicted molar refractivity (Wildman–Crippen MR) is 65.3 cm³/mol. The van der Waals surface area contributed by atoms with E-state index in [0.717, 1.165) is 11.8 Å². The highest BCUT2D eigenvalue weighted by molar-refractivity contribution is 7.13. The normalized spacial score (nSPS) is 11.8. The van der Waals surface area contributed by atoms with E-state index in [-0.39, 0.29) is 5.56 Å². The molecule has 0 aliphatic heterocycles. The van der Waals surface area contributed by atoms with Crippen LogP contribution in [0.4, 0.5) is 13.2 Å². The molecule has 2 rings (SSSR count). The first-order valence-corrected chi connectivity index (χ1v) is 6.16. The Morgan fingerprint density at radius 1 is 1.28 bits per heavy atom. The summed E-state index contributed by atoms with van der Waals surface area (Å²) in [5.74, 6) is 0. The number of aromatic nitrogens is 1. The molecule has 0 fully saturated rings. The fourth-order valence-electron chi connectivity index (χ4n) is 1.61. The van der Waals surface area contributed by atoms with Crippen LogP contribution < -0.4 is 5.32 Å². The number of thiazole rings is 1. The third-order valence-corrected chi connectivity index (χ3v) is 3.30. The molecule has 2 nitrogen and oxygen atoms in total. The van der Waals surface area contributed by atoms with Crippen molar-refractivity contribution in [2.24, 2.45) is 0 Å². The minimum atomic E-state index is -4.36. The fraction of sp³-hybridized carbons (Fsp3) is 0.250. The molecule has 1 aromatic carbocycles. The summed E-state index contributed by atoms with van der Waals surface area (Å²) in [5.41, 5.74) is 0.238. The molecule has 2 aromatic rings. The molecule has 0 radical (unpaired) electrons. The summed E-state index contributed by atoms with van der Waals surface area (Å²) >= 11 is 1.22. The predicted octanol–water partition coefficient (Wildman–Crippen LogP) is 3.55. The van der Waals surface area contributed by atoms with Gasteiger partial charge in [-0.25, -0.2) is 4.98 Å². The van der Waals surface area contributed by atoms with E-state index in [2.05, 4.69) is 10.3 Å². The van der Waals surface area contributed by atoms with Crippen LogP contribution in [0.2, 0.25) is 0 Å². The van der Waals surface area contributed by atoms with Gasteiger partial charge in [0.15, 0.2) is 0 Å². The molecule has 1 aromatic heterocycles. The van der Waals surface area contributed by atoms with Gasteiger partial charge < -0.3 is 5.32 Å². The second-order valence-electron chi connectivity index (χ2n) is 3.72. The first-order chi connectivity index (χ1) is 8.52. The molecular formula is C12H11F3N2S. The van der Waals surface area contributed by atoms with Crippen LogP contribution in [0.15, 0.2) is 29.6 Å². The van der Waals surface area contributed by atoms with Gasteiger partial charge >= 0.3 is 6.18 Å². The monoisotopic (exact) mass is 272 g/mol. The van der Waals surface area contributed by atoms with Crippen LogP contribution in [0.25, 0.3) is 10.6 Å². The summed E-state index contributed by atoms with van der Waals surface area (Å²) in [4.78, 5) is 4.20. The van der Waals surface area contributed by atoms with Crippen molar-refractivity contribution in [3.05, 3.63) is 40.9 Å². The molecule has 96 valence electrons. The second kappa shape index (κ2) is 5.07. The molecule has 0 atom stereocenters. The minimum absolute atomic E-state index is 0.136. The molecule has 0 amide bonds. The standard InChI is InChI=1S/C12H11F3N2S/c1-16-6-8-7-18-11(17-8)9-4-2-3-5-10(9)12(13,14)15/h2-5,7,16H,6H2,1H3. The van der Waals surface area contributed by atoms with Crippen LogP contribution in [0.5, 0.6) is 0 Å². The summed E-state index contributed by atoms with van der Waals surface area (Å²) in [7, 11) is 1.77. The number of alkyl halides is 3. The van der Waals surface area contributed by atoms with Crippen LogP contribution in [-0.2, 0) is 12.7 Å². The Bertz CT molecular complexity index is 534. The molecule has 0 spiro atoms. The van der Waals surface area contributed by atoms with E-state index >= 15 is 0 Å². The van der Waals surface area contributed by atoms with E-state index in [4.69, 9.17) is 0 Å². The molecule has 18 heavy (non-hydrogen) atoms. The highest BCUT2D eigenvalue weighted by Crippen LogP contribution is 2.37. The van der Waals surface area contributed by atoms with Gasteiger partial charge in [-0.3, -0.25) is 0 Å². The molecule has 0 aliphatic rings. The van der Waals surface area contributed by atoms with Crippen molar-refractivity contribution in [3.8, 4) is 10.6 Å². The maximum absolute atomic E-state index is 12.9. The Kier molecular flexibility index (Phi) is 3.68. The molecule has 6 heteroatoms. The summed E-state index contributed by atoms with van der Waals surface area (Å²) in [6.45, 7) is 0.546. The lowest BCUT2D eigenvalue weighted by Crippen LogP contribution is -2.07. The van der Waals surface area contributed by atoms with E-state index in [1.165, 1.54) is 23.5 Å².